The van der Waals surface area contributed by atoms with Gasteiger partial charge in [-0.3, -0.25) is 9.69 Å². The van der Waals surface area contributed by atoms with Gasteiger partial charge in [0, 0.05) is 5.92 Å². The number of carbonyl (C=O) groups excluding carboxylic acids is 1. The molecule has 2 heterocycles. The molecule has 1 fully saturated rings. The average molecular weight is 309 g/mol. The highest BCUT2D eigenvalue weighted by Gasteiger charge is 2.47. The van der Waals surface area contributed by atoms with E-state index in [4.69, 9.17) is 15.6 Å². The molecule has 2 rings (SSSR count). The molecule has 1 amide bonds. The molecule has 2 aliphatic rings. The van der Waals surface area contributed by atoms with E-state index in [0.717, 1.165) is 31.8 Å². The van der Waals surface area contributed by atoms with E-state index in [1.54, 1.807) is 7.11 Å². The van der Waals surface area contributed by atoms with Crippen LogP contribution in [0.25, 0.3) is 0 Å². The van der Waals surface area contributed by atoms with Crippen molar-refractivity contribution in [3.63, 3.8) is 0 Å². The summed E-state index contributed by atoms with van der Waals surface area (Å²) in [6, 6.07) is 0.463. The number of primary amides is 1. The normalized spacial score (nSPS) is 29.4. The highest BCUT2D eigenvalue weighted by atomic mass is 16.5. The van der Waals surface area contributed by atoms with Crippen molar-refractivity contribution in [1.82, 2.24) is 4.90 Å². The van der Waals surface area contributed by atoms with Gasteiger partial charge in [0.25, 0.3) is 5.91 Å². The summed E-state index contributed by atoms with van der Waals surface area (Å²) in [5, 5.41) is 4.83. The summed E-state index contributed by atoms with van der Waals surface area (Å²) >= 11 is 0. The first-order valence-corrected chi connectivity index (χ1v) is 8.12. The van der Waals surface area contributed by atoms with Crippen LogP contribution in [0.5, 0.6) is 0 Å². The van der Waals surface area contributed by atoms with Gasteiger partial charge >= 0.3 is 5.88 Å². The third kappa shape index (κ3) is 2.90. The van der Waals surface area contributed by atoms with Crippen LogP contribution in [0.2, 0.25) is 0 Å². The number of hydrogen-bond donors (Lipinski definition) is 1. The number of rotatable bonds is 6. The molecule has 2 unspecified atom stereocenters. The molecule has 0 bridgehead atoms. The zero-order valence-corrected chi connectivity index (χ0v) is 14.4. The Kier molecular flexibility index (Phi) is 4.92. The van der Waals surface area contributed by atoms with Crippen molar-refractivity contribution < 1.29 is 14.1 Å². The Balaban J connectivity index is 2.37. The summed E-state index contributed by atoms with van der Waals surface area (Å²) in [5.74, 6) is 0.266. The molecular weight excluding hydrogens is 280 g/mol. The van der Waals surface area contributed by atoms with Crippen LogP contribution in [0.4, 0.5) is 0 Å². The molecule has 6 heteroatoms. The summed E-state index contributed by atoms with van der Waals surface area (Å²) in [4.78, 5) is 14.4. The van der Waals surface area contributed by atoms with Crippen molar-refractivity contribution in [1.29, 1.82) is 0 Å². The fourth-order valence-corrected chi connectivity index (χ4v) is 3.67. The maximum Gasteiger partial charge on any atom is 0.333 e. The van der Waals surface area contributed by atoms with Gasteiger partial charge in [0.05, 0.1) is 13.2 Å². The monoisotopic (exact) mass is 309 g/mol. The number of amides is 1. The molecule has 0 aromatic rings. The maximum absolute atomic E-state index is 11.9. The standard InChI is InChI=1S/C16H28N4O2/c1-6-19-9-7-8-12(19)10-20(4)16(22-5)13(15(17)21)14(18-20)11(2)3/h11-12H,6-10H2,1-5H3,(H-,17,21)/p+1. The first kappa shape index (κ1) is 17.0. The Morgan fingerprint density at radius 1 is 1.55 bits per heavy atom. The number of methoxy groups -OCH3 is 1. The molecule has 2 aliphatic heterocycles. The van der Waals surface area contributed by atoms with Gasteiger partial charge < -0.3 is 10.5 Å². The first-order chi connectivity index (χ1) is 10.3. The molecule has 124 valence electrons. The second-order valence-electron chi connectivity index (χ2n) is 6.64. The molecule has 0 aromatic heterocycles. The third-order valence-corrected chi connectivity index (χ3v) is 4.69. The van der Waals surface area contributed by atoms with Crippen LogP contribution in [0.15, 0.2) is 16.6 Å². The number of nitrogens with two attached hydrogens (primary N) is 1. The van der Waals surface area contributed by atoms with Gasteiger partial charge in [0.2, 0.25) is 0 Å². The van der Waals surface area contributed by atoms with Crippen LogP contribution in [-0.4, -0.2) is 60.9 Å². The second-order valence-corrected chi connectivity index (χ2v) is 6.64. The van der Waals surface area contributed by atoms with Crippen LogP contribution in [0, 0.1) is 5.92 Å². The van der Waals surface area contributed by atoms with Crippen LogP contribution < -0.4 is 5.73 Å². The number of likely N-dealkylation sites (N-methyl/N-ethyl adjacent to an activating group) is 2. The van der Waals surface area contributed by atoms with E-state index >= 15 is 0 Å². The fourth-order valence-electron chi connectivity index (χ4n) is 3.67. The molecule has 1 saturated heterocycles. The summed E-state index contributed by atoms with van der Waals surface area (Å²) in [7, 11) is 3.60. The predicted octanol–water partition coefficient (Wildman–Crippen LogP) is 1.29. The van der Waals surface area contributed by atoms with E-state index in [2.05, 4.69) is 11.8 Å². The lowest BCUT2D eigenvalue weighted by molar-refractivity contribution is -0.893. The Bertz CT molecular complexity index is 512. The number of carbonyl (C=O) groups is 1. The Morgan fingerprint density at radius 3 is 2.73 bits per heavy atom. The molecule has 2 N–H and O–H groups in total. The first-order valence-electron chi connectivity index (χ1n) is 8.12. The van der Waals surface area contributed by atoms with Crippen molar-refractivity contribution in [2.45, 2.75) is 39.7 Å². The minimum atomic E-state index is -0.454. The summed E-state index contributed by atoms with van der Waals surface area (Å²) in [6.45, 7) is 9.23. The second kappa shape index (κ2) is 6.38. The van der Waals surface area contributed by atoms with Gasteiger partial charge in [-0.2, -0.15) is 0 Å². The Labute approximate surface area is 133 Å². The average Bonchev–Trinajstić information content (AvgIpc) is 3.00. The Hall–Kier alpha value is -1.40. The molecule has 0 spiro atoms. The lowest BCUT2D eigenvalue weighted by Crippen LogP contribution is -2.47. The van der Waals surface area contributed by atoms with Gasteiger partial charge in [-0.15, -0.1) is 4.59 Å². The van der Waals surface area contributed by atoms with Crippen molar-refractivity contribution >= 4 is 11.6 Å². The zero-order chi connectivity index (χ0) is 16.5. The quantitative estimate of drug-likeness (QED) is 0.752. The number of ether oxygens (including phenoxy) is 1. The van der Waals surface area contributed by atoms with Gasteiger partial charge in [0.1, 0.15) is 19.3 Å². The lowest BCUT2D eigenvalue weighted by atomic mass is 10.0. The van der Waals surface area contributed by atoms with Gasteiger partial charge in [-0.25, -0.2) is 0 Å². The molecule has 0 saturated carbocycles. The van der Waals surface area contributed by atoms with E-state index < -0.39 is 5.91 Å². The number of likely N-dealkylation sites (tertiary alicyclic amines) is 1. The predicted molar refractivity (Wildman–Crippen MR) is 86.8 cm³/mol. The number of nitrogens with zero attached hydrogens (tertiary/aromatic N) is 3. The molecule has 6 nitrogen and oxygen atoms in total. The van der Waals surface area contributed by atoms with Crippen LogP contribution in [0.1, 0.15) is 33.6 Å². The van der Waals surface area contributed by atoms with E-state index in [-0.39, 0.29) is 10.5 Å². The lowest BCUT2D eigenvalue weighted by Gasteiger charge is -2.31. The van der Waals surface area contributed by atoms with E-state index in [1.165, 1.54) is 6.42 Å². The zero-order valence-electron chi connectivity index (χ0n) is 14.4. The summed E-state index contributed by atoms with van der Waals surface area (Å²) in [5.41, 5.74) is 6.81. The number of hydrogen-bond acceptors (Lipinski definition) is 4. The molecule has 2 atom stereocenters. The molecular formula is C16H29N4O2+. The van der Waals surface area contributed by atoms with Crippen molar-refractivity contribution in [2.75, 3.05) is 33.8 Å². The minimum Gasteiger partial charge on any atom is -0.453 e. The van der Waals surface area contributed by atoms with Gasteiger partial charge in [0.15, 0.2) is 5.57 Å². The van der Waals surface area contributed by atoms with Crippen LogP contribution >= 0.6 is 0 Å². The van der Waals surface area contributed by atoms with Crippen molar-refractivity contribution in [3.8, 4) is 0 Å². The summed E-state index contributed by atoms with van der Waals surface area (Å²) < 4.78 is 5.86. The van der Waals surface area contributed by atoms with Gasteiger partial charge in [-0.05, 0) is 25.9 Å². The van der Waals surface area contributed by atoms with Gasteiger partial charge in [-0.1, -0.05) is 25.9 Å². The SMILES string of the molecule is CCN1CCCC1C[N+]1(C)N=C(C(C)C)C(C(N)=O)=C1OC. The van der Waals surface area contributed by atoms with Crippen molar-refractivity contribution in [2.24, 2.45) is 16.8 Å². The molecule has 0 radical (unpaired) electrons. The topological polar surface area (TPSA) is 67.9 Å². The molecule has 0 aromatic carbocycles. The third-order valence-electron chi connectivity index (χ3n) is 4.69. The van der Waals surface area contributed by atoms with E-state index in [9.17, 15) is 4.79 Å². The maximum atomic E-state index is 11.9. The fraction of sp³-hybridized carbons (Fsp3) is 0.750. The molecule has 22 heavy (non-hydrogen) atoms. The molecule has 0 aliphatic carbocycles. The van der Waals surface area contributed by atoms with Crippen molar-refractivity contribution in [3.05, 3.63) is 11.5 Å². The number of quaternary nitrogens is 1. The Morgan fingerprint density at radius 2 is 2.23 bits per heavy atom. The highest BCUT2D eigenvalue weighted by molar-refractivity contribution is 6.22. The van der Waals surface area contributed by atoms with E-state index in [0.29, 0.717) is 17.5 Å². The minimum absolute atomic E-state index is 0.137. The van der Waals surface area contributed by atoms with Crippen LogP contribution in [0.3, 0.4) is 0 Å². The van der Waals surface area contributed by atoms with E-state index in [1.807, 2.05) is 20.9 Å². The smallest absolute Gasteiger partial charge is 0.333 e. The summed E-state index contributed by atoms with van der Waals surface area (Å²) in [6.07, 6.45) is 2.38. The highest BCUT2D eigenvalue weighted by Crippen LogP contribution is 2.33. The largest absolute Gasteiger partial charge is 0.453 e. The van der Waals surface area contributed by atoms with Crippen LogP contribution in [-0.2, 0) is 9.53 Å².